The predicted octanol–water partition coefficient (Wildman–Crippen LogP) is 3.65. The number of nitrogens with two attached hydrogens (primary N) is 1. The van der Waals surface area contributed by atoms with E-state index >= 15 is 0 Å². The topological polar surface area (TPSA) is 35.2 Å². The van der Waals surface area contributed by atoms with E-state index in [0.29, 0.717) is 23.5 Å². The Morgan fingerprint density at radius 3 is 2.32 bits per heavy atom. The summed E-state index contributed by atoms with van der Waals surface area (Å²) in [6, 6.07) is 9.84. The lowest BCUT2D eigenvalue weighted by molar-refractivity contribution is 0.469. The van der Waals surface area contributed by atoms with E-state index in [4.69, 9.17) is 10.5 Å². The van der Waals surface area contributed by atoms with Crippen molar-refractivity contribution < 1.29 is 13.5 Å². The van der Waals surface area contributed by atoms with Gasteiger partial charge < -0.3 is 10.5 Å². The molecular weight excluding hydrogens is 248 g/mol. The van der Waals surface area contributed by atoms with E-state index in [0.717, 1.165) is 0 Å². The van der Waals surface area contributed by atoms with Gasteiger partial charge in [0.15, 0.2) is 0 Å². The lowest BCUT2D eigenvalue weighted by Crippen LogP contribution is -2.18. The van der Waals surface area contributed by atoms with Gasteiger partial charge in [0.25, 0.3) is 0 Å². The van der Waals surface area contributed by atoms with Crippen LogP contribution in [0.15, 0.2) is 42.5 Å². The molecule has 100 valence electrons. The molecular formula is C15H15F2NO. The molecule has 0 saturated carbocycles. The summed E-state index contributed by atoms with van der Waals surface area (Å²) in [4.78, 5) is 0. The first kappa shape index (κ1) is 13.5. The Morgan fingerprint density at radius 1 is 1.05 bits per heavy atom. The fraction of sp³-hybridized carbons (Fsp3) is 0.200. The quantitative estimate of drug-likeness (QED) is 0.913. The van der Waals surface area contributed by atoms with Crippen LogP contribution in [0.4, 0.5) is 8.78 Å². The van der Waals surface area contributed by atoms with E-state index < -0.39 is 0 Å². The van der Waals surface area contributed by atoms with Crippen molar-refractivity contribution in [2.24, 2.45) is 5.73 Å². The summed E-state index contributed by atoms with van der Waals surface area (Å²) in [5, 5.41) is 0. The molecule has 0 aliphatic carbocycles. The Balaban J connectivity index is 2.26. The Bertz CT molecular complexity index is 553. The van der Waals surface area contributed by atoms with E-state index in [9.17, 15) is 8.78 Å². The maximum absolute atomic E-state index is 13.2. The van der Waals surface area contributed by atoms with Crippen LogP contribution in [0.2, 0.25) is 0 Å². The van der Waals surface area contributed by atoms with Gasteiger partial charge in [-0.15, -0.1) is 0 Å². The lowest BCUT2D eigenvalue weighted by Gasteiger charge is -2.13. The van der Waals surface area contributed by atoms with E-state index in [1.54, 1.807) is 6.07 Å². The van der Waals surface area contributed by atoms with Crippen LogP contribution < -0.4 is 10.5 Å². The summed E-state index contributed by atoms with van der Waals surface area (Å²) in [5.41, 5.74) is 6.42. The highest BCUT2D eigenvalue weighted by molar-refractivity contribution is 5.38. The second-order valence-electron chi connectivity index (χ2n) is 4.49. The average Bonchev–Trinajstić information content (AvgIpc) is 2.34. The van der Waals surface area contributed by atoms with Crippen molar-refractivity contribution in [3.63, 3.8) is 0 Å². The molecule has 0 bridgehead atoms. The smallest absolute Gasteiger partial charge is 0.130 e. The third-order valence-electron chi connectivity index (χ3n) is 2.61. The molecule has 2 aromatic rings. The summed E-state index contributed by atoms with van der Waals surface area (Å²) in [6.45, 7) is 1.84. The van der Waals surface area contributed by atoms with Gasteiger partial charge >= 0.3 is 0 Å². The first-order valence-electron chi connectivity index (χ1n) is 6.02. The number of ether oxygens (including phenoxy) is 1. The maximum Gasteiger partial charge on any atom is 0.130 e. The number of benzene rings is 2. The third kappa shape index (κ3) is 3.76. The van der Waals surface area contributed by atoms with Crippen LogP contribution in [0, 0.1) is 11.6 Å². The summed E-state index contributed by atoms with van der Waals surface area (Å²) in [6.07, 6.45) is 0.508. The SMILES string of the molecule is CC(N)Cc1cc(F)ccc1Oc1ccc(F)cc1. The molecule has 2 N–H and O–H groups in total. The van der Waals surface area contributed by atoms with Crippen LogP contribution in [-0.4, -0.2) is 6.04 Å². The average molecular weight is 263 g/mol. The summed E-state index contributed by atoms with van der Waals surface area (Å²) < 4.78 is 31.7. The zero-order valence-corrected chi connectivity index (χ0v) is 10.6. The van der Waals surface area contributed by atoms with Crippen LogP contribution in [-0.2, 0) is 6.42 Å². The predicted molar refractivity (Wildman–Crippen MR) is 70.2 cm³/mol. The molecule has 0 aliphatic rings. The van der Waals surface area contributed by atoms with Gasteiger partial charge in [0.1, 0.15) is 23.1 Å². The zero-order valence-electron chi connectivity index (χ0n) is 10.6. The second-order valence-corrected chi connectivity index (χ2v) is 4.49. The molecule has 2 aromatic carbocycles. The Labute approximate surface area is 110 Å². The molecule has 1 atom stereocenters. The minimum absolute atomic E-state index is 0.0997. The molecule has 19 heavy (non-hydrogen) atoms. The first-order valence-corrected chi connectivity index (χ1v) is 6.02. The van der Waals surface area contributed by atoms with Crippen molar-refractivity contribution in [2.75, 3.05) is 0 Å². The molecule has 0 saturated heterocycles. The van der Waals surface area contributed by atoms with E-state index in [2.05, 4.69) is 0 Å². The summed E-state index contributed by atoms with van der Waals surface area (Å²) in [7, 11) is 0. The summed E-state index contributed by atoms with van der Waals surface area (Å²) in [5.74, 6) is 0.369. The highest BCUT2D eigenvalue weighted by atomic mass is 19.1. The fourth-order valence-electron chi connectivity index (χ4n) is 1.78. The second kappa shape index (κ2) is 5.80. The molecule has 0 spiro atoms. The van der Waals surface area contributed by atoms with Gasteiger partial charge in [0.05, 0.1) is 0 Å². The minimum Gasteiger partial charge on any atom is -0.457 e. The van der Waals surface area contributed by atoms with Crippen LogP contribution in [0.25, 0.3) is 0 Å². The van der Waals surface area contributed by atoms with Gasteiger partial charge in [-0.05, 0) is 61.4 Å². The van der Waals surface area contributed by atoms with Crippen LogP contribution >= 0.6 is 0 Å². The van der Waals surface area contributed by atoms with Crippen molar-refractivity contribution in [1.82, 2.24) is 0 Å². The van der Waals surface area contributed by atoms with Crippen molar-refractivity contribution in [3.8, 4) is 11.5 Å². The van der Waals surface area contributed by atoms with Gasteiger partial charge in [0, 0.05) is 6.04 Å². The van der Waals surface area contributed by atoms with Gasteiger partial charge in [-0.3, -0.25) is 0 Å². The molecule has 0 aromatic heterocycles. The third-order valence-corrected chi connectivity index (χ3v) is 2.61. The van der Waals surface area contributed by atoms with Crippen LogP contribution in [0.3, 0.4) is 0 Å². The minimum atomic E-state index is -0.331. The van der Waals surface area contributed by atoms with E-state index in [1.807, 2.05) is 6.92 Å². The number of hydrogen-bond donors (Lipinski definition) is 1. The molecule has 0 heterocycles. The lowest BCUT2D eigenvalue weighted by atomic mass is 10.1. The van der Waals surface area contributed by atoms with Crippen molar-refractivity contribution in [2.45, 2.75) is 19.4 Å². The van der Waals surface area contributed by atoms with Gasteiger partial charge in [0.2, 0.25) is 0 Å². The molecule has 0 aliphatic heterocycles. The maximum atomic E-state index is 13.2. The van der Waals surface area contributed by atoms with Crippen molar-refractivity contribution in [3.05, 3.63) is 59.7 Å². The molecule has 0 radical (unpaired) electrons. The number of halogens is 2. The molecule has 0 fully saturated rings. The standard InChI is InChI=1S/C15H15F2NO/c1-10(18)8-11-9-13(17)4-7-15(11)19-14-5-2-12(16)3-6-14/h2-7,9-10H,8,18H2,1H3. The zero-order chi connectivity index (χ0) is 13.8. The Kier molecular flexibility index (Phi) is 4.12. The molecule has 1 unspecified atom stereocenters. The Hall–Kier alpha value is -1.94. The first-order chi connectivity index (χ1) is 9.04. The van der Waals surface area contributed by atoms with E-state index in [-0.39, 0.29) is 17.7 Å². The fourth-order valence-corrected chi connectivity index (χ4v) is 1.78. The summed E-state index contributed by atoms with van der Waals surface area (Å²) >= 11 is 0. The van der Waals surface area contributed by atoms with Gasteiger partial charge in [-0.1, -0.05) is 0 Å². The normalized spacial score (nSPS) is 12.2. The molecule has 2 nitrogen and oxygen atoms in total. The highest BCUT2D eigenvalue weighted by Crippen LogP contribution is 2.27. The van der Waals surface area contributed by atoms with Crippen LogP contribution in [0.1, 0.15) is 12.5 Å². The van der Waals surface area contributed by atoms with Crippen LogP contribution in [0.5, 0.6) is 11.5 Å². The molecule has 4 heteroatoms. The number of hydrogen-bond acceptors (Lipinski definition) is 2. The highest BCUT2D eigenvalue weighted by Gasteiger charge is 2.09. The largest absolute Gasteiger partial charge is 0.457 e. The Morgan fingerprint density at radius 2 is 1.68 bits per heavy atom. The van der Waals surface area contributed by atoms with Gasteiger partial charge in [-0.25, -0.2) is 8.78 Å². The monoisotopic (exact) mass is 263 g/mol. The molecule has 2 rings (SSSR count). The van der Waals surface area contributed by atoms with Crippen molar-refractivity contribution >= 4 is 0 Å². The molecule has 0 amide bonds. The number of rotatable bonds is 4. The van der Waals surface area contributed by atoms with Crippen molar-refractivity contribution in [1.29, 1.82) is 0 Å². The van der Waals surface area contributed by atoms with E-state index in [1.165, 1.54) is 36.4 Å². The van der Waals surface area contributed by atoms with Gasteiger partial charge in [-0.2, -0.15) is 0 Å².